The van der Waals surface area contributed by atoms with Crippen LogP contribution in [-0.4, -0.2) is 37.5 Å². The molecule has 0 aliphatic carbocycles. The maximum atomic E-state index is 8.97. The number of ether oxygens (including phenoxy) is 2. The minimum absolute atomic E-state index is 0.191. The van der Waals surface area contributed by atoms with E-state index in [9.17, 15) is 0 Å². The van der Waals surface area contributed by atoms with Gasteiger partial charge in [-0.05, 0) is 39.7 Å². The van der Waals surface area contributed by atoms with E-state index in [1.807, 2.05) is 0 Å². The number of nitrogens with zero attached hydrogens (tertiary/aromatic N) is 1. The van der Waals surface area contributed by atoms with Gasteiger partial charge in [0, 0.05) is 0 Å². The monoisotopic (exact) mass is 240 g/mol. The van der Waals surface area contributed by atoms with Crippen LogP contribution in [0.25, 0.3) is 0 Å². The summed E-state index contributed by atoms with van der Waals surface area (Å²) in [5.41, 5.74) is 0. The van der Waals surface area contributed by atoms with Gasteiger partial charge in [-0.3, -0.25) is 0 Å². The van der Waals surface area contributed by atoms with E-state index in [2.05, 4.69) is 32.2 Å². The minimum Gasteiger partial charge on any atom is -0.375 e. The number of rotatable bonds is 6. The first-order chi connectivity index (χ1) is 8.15. The Morgan fingerprint density at radius 3 is 2.59 bits per heavy atom. The van der Waals surface area contributed by atoms with Crippen LogP contribution in [0.2, 0.25) is 0 Å². The zero-order valence-corrected chi connectivity index (χ0v) is 11.1. The van der Waals surface area contributed by atoms with Gasteiger partial charge in [-0.1, -0.05) is 6.92 Å². The van der Waals surface area contributed by atoms with Gasteiger partial charge in [0.1, 0.15) is 6.04 Å². The highest BCUT2D eigenvalue weighted by atomic mass is 16.5. The first-order valence-electron chi connectivity index (χ1n) is 6.55. The van der Waals surface area contributed by atoms with Crippen LogP contribution in [0, 0.1) is 11.3 Å². The Bertz CT molecular complexity index is 242. The smallest absolute Gasteiger partial charge is 0.119 e. The third-order valence-electron chi connectivity index (χ3n) is 2.95. The summed E-state index contributed by atoms with van der Waals surface area (Å²) < 4.78 is 11.5. The largest absolute Gasteiger partial charge is 0.375 e. The molecule has 0 aromatic carbocycles. The van der Waals surface area contributed by atoms with Crippen molar-refractivity contribution in [2.24, 2.45) is 0 Å². The number of nitriles is 1. The molecule has 1 saturated heterocycles. The molecule has 0 bridgehead atoms. The van der Waals surface area contributed by atoms with Gasteiger partial charge in [0.15, 0.2) is 0 Å². The van der Waals surface area contributed by atoms with E-state index in [4.69, 9.17) is 14.7 Å². The molecule has 17 heavy (non-hydrogen) atoms. The van der Waals surface area contributed by atoms with Crippen molar-refractivity contribution in [2.75, 3.05) is 13.2 Å². The van der Waals surface area contributed by atoms with E-state index in [0.717, 1.165) is 25.8 Å². The van der Waals surface area contributed by atoms with E-state index in [1.165, 1.54) is 0 Å². The van der Waals surface area contributed by atoms with Crippen molar-refractivity contribution in [3.05, 3.63) is 0 Å². The summed E-state index contributed by atoms with van der Waals surface area (Å²) in [5.74, 6) is 0. The van der Waals surface area contributed by atoms with Crippen molar-refractivity contribution in [1.82, 2.24) is 5.32 Å². The van der Waals surface area contributed by atoms with Crippen molar-refractivity contribution in [2.45, 2.75) is 64.4 Å². The lowest BCUT2D eigenvalue weighted by atomic mass is 10.0. The van der Waals surface area contributed by atoms with Crippen molar-refractivity contribution >= 4 is 0 Å². The summed E-state index contributed by atoms with van der Waals surface area (Å²) in [6, 6.07) is 2.04. The van der Waals surface area contributed by atoms with Gasteiger partial charge in [0.25, 0.3) is 0 Å². The summed E-state index contributed by atoms with van der Waals surface area (Å²) in [5, 5.41) is 12.1. The fourth-order valence-electron chi connectivity index (χ4n) is 2.17. The molecular weight excluding hydrogens is 216 g/mol. The van der Waals surface area contributed by atoms with E-state index >= 15 is 0 Å². The fraction of sp³-hybridized carbons (Fsp3) is 0.923. The zero-order chi connectivity index (χ0) is 12.7. The normalized spacial score (nSPS) is 30.8. The van der Waals surface area contributed by atoms with Crippen molar-refractivity contribution in [3.63, 3.8) is 0 Å². The number of nitrogens with one attached hydrogen (secondary N) is 1. The second-order valence-corrected chi connectivity index (χ2v) is 4.82. The van der Waals surface area contributed by atoms with Crippen LogP contribution in [0.1, 0.15) is 40.0 Å². The molecule has 0 saturated carbocycles. The third kappa shape index (κ3) is 5.49. The predicted octanol–water partition coefficient (Wildman–Crippen LogP) is 1.85. The standard InChI is InChI=1S/C13H24N2O2/c1-4-5-15-12(8-14)9-16-13-6-10(2)17-11(3)7-13/h10-13,15H,4-7,9H2,1-3H3. The molecule has 1 N–H and O–H groups in total. The van der Waals surface area contributed by atoms with Gasteiger partial charge in [0.05, 0.1) is 31.0 Å². The van der Waals surface area contributed by atoms with E-state index in [0.29, 0.717) is 6.61 Å². The van der Waals surface area contributed by atoms with Crippen LogP contribution in [0.5, 0.6) is 0 Å². The second-order valence-electron chi connectivity index (χ2n) is 4.82. The van der Waals surface area contributed by atoms with E-state index in [1.54, 1.807) is 0 Å². The molecule has 0 radical (unpaired) electrons. The molecule has 1 aliphatic rings. The summed E-state index contributed by atoms with van der Waals surface area (Å²) in [6.45, 7) is 7.57. The quantitative estimate of drug-likeness (QED) is 0.770. The molecule has 3 atom stereocenters. The molecule has 98 valence electrons. The lowest BCUT2D eigenvalue weighted by Gasteiger charge is -2.32. The van der Waals surface area contributed by atoms with E-state index < -0.39 is 0 Å². The predicted molar refractivity (Wildman–Crippen MR) is 66.7 cm³/mol. The van der Waals surface area contributed by atoms with Crippen LogP contribution < -0.4 is 5.32 Å². The maximum Gasteiger partial charge on any atom is 0.119 e. The Morgan fingerprint density at radius 1 is 1.41 bits per heavy atom. The van der Waals surface area contributed by atoms with Gasteiger partial charge in [-0.25, -0.2) is 0 Å². The first-order valence-corrected chi connectivity index (χ1v) is 6.55. The lowest BCUT2D eigenvalue weighted by molar-refractivity contribution is -0.103. The Hall–Kier alpha value is -0.630. The van der Waals surface area contributed by atoms with Crippen LogP contribution in [0.3, 0.4) is 0 Å². The topological polar surface area (TPSA) is 54.3 Å². The molecule has 1 heterocycles. The Labute approximate surface area is 104 Å². The Balaban J connectivity index is 2.26. The fourth-order valence-corrected chi connectivity index (χ4v) is 2.17. The number of hydrogen-bond donors (Lipinski definition) is 1. The molecular formula is C13H24N2O2. The highest BCUT2D eigenvalue weighted by molar-refractivity contribution is 4.90. The molecule has 0 aromatic rings. The maximum absolute atomic E-state index is 8.97. The molecule has 0 amide bonds. The Kier molecular flexibility index (Phi) is 6.49. The van der Waals surface area contributed by atoms with E-state index in [-0.39, 0.29) is 24.4 Å². The molecule has 4 heteroatoms. The third-order valence-corrected chi connectivity index (χ3v) is 2.95. The van der Waals surface area contributed by atoms with Gasteiger partial charge in [-0.15, -0.1) is 0 Å². The summed E-state index contributed by atoms with van der Waals surface area (Å²) >= 11 is 0. The average molecular weight is 240 g/mol. The molecule has 0 aromatic heterocycles. The highest BCUT2D eigenvalue weighted by Crippen LogP contribution is 2.21. The molecule has 1 aliphatic heterocycles. The summed E-state index contributed by atoms with van der Waals surface area (Å²) in [7, 11) is 0. The van der Waals surface area contributed by atoms with Crippen LogP contribution >= 0.6 is 0 Å². The summed E-state index contributed by atoms with van der Waals surface area (Å²) in [6.07, 6.45) is 3.63. The average Bonchev–Trinajstić information content (AvgIpc) is 2.28. The number of hydrogen-bond acceptors (Lipinski definition) is 4. The molecule has 1 fully saturated rings. The molecule has 4 nitrogen and oxygen atoms in total. The van der Waals surface area contributed by atoms with Crippen LogP contribution in [-0.2, 0) is 9.47 Å². The molecule has 0 spiro atoms. The van der Waals surface area contributed by atoms with Crippen molar-refractivity contribution < 1.29 is 9.47 Å². The lowest BCUT2D eigenvalue weighted by Crippen LogP contribution is -2.38. The molecule has 1 rings (SSSR count). The van der Waals surface area contributed by atoms with Crippen molar-refractivity contribution in [3.8, 4) is 6.07 Å². The van der Waals surface area contributed by atoms with Gasteiger partial charge in [0.2, 0.25) is 0 Å². The molecule has 3 unspecified atom stereocenters. The highest BCUT2D eigenvalue weighted by Gasteiger charge is 2.25. The summed E-state index contributed by atoms with van der Waals surface area (Å²) in [4.78, 5) is 0. The first kappa shape index (κ1) is 14.4. The Morgan fingerprint density at radius 2 is 2.06 bits per heavy atom. The van der Waals surface area contributed by atoms with Crippen LogP contribution in [0.15, 0.2) is 0 Å². The second kappa shape index (κ2) is 7.65. The SMILES string of the molecule is CCCNC(C#N)COC1CC(C)OC(C)C1. The van der Waals surface area contributed by atoms with Gasteiger partial charge in [-0.2, -0.15) is 5.26 Å². The van der Waals surface area contributed by atoms with Crippen molar-refractivity contribution in [1.29, 1.82) is 5.26 Å². The van der Waals surface area contributed by atoms with Gasteiger partial charge < -0.3 is 14.8 Å². The minimum atomic E-state index is -0.191. The van der Waals surface area contributed by atoms with Crippen LogP contribution in [0.4, 0.5) is 0 Å². The van der Waals surface area contributed by atoms with Gasteiger partial charge >= 0.3 is 0 Å². The zero-order valence-electron chi connectivity index (χ0n) is 11.1.